The van der Waals surface area contributed by atoms with E-state index in [9.17, 15) is 25.2 Å². The van der Waals surface area contributed by atoms with Gasteiger partial charge in [0.25, 0.3) is 0 Å². The molecule has 5 unspecified atom stereocenters. The molecule has 4 rings (SSSR count). The van der Waals surface area contributed by atoms with Crippen LogP contribution >= 0.6 is 0 Å². The van der Waals surface area contributed by atoms with Crippen LogP contribution in [0.15, 0.2) is 11.3 Å². The Labute approximate surface area is 362 Å². The number of aliphatic hydroxyl groups is 4. The monoisotopic (exact) mass is 856 g/mol. The highest BCUT2D eigenvalue weighted by Gasteiger charge is 2.57. The van der Waals surface area contributed by atoms with Crippen LogP contribution in [0.4, 0.5) is 0 Å². The summed E-state index contributed by atoms with van der Waals surface area (Å²) in [5, 5.41) is 46.4. The summed E-state index contributed by atoms with van der Waals surface area (Å²) < 4.78 is 46.0. The molecule has 2 bridgehead atoms. The highest BCUT2D eigenvalue weighted by molar-refractivity contribution is 5.73. The van der Waals surface area contributed by atoms with Crippen molar-refractivity contribution in [2.24, 2.45) is 17.8 Å². The Hall–Kier alpha value is -1.39. The molecule has 0 aliphatic carbocycles. The van der Waals surface area contributed by atoms with Gasteiger partial charge in [0, 0.05) is 31.9 Å². The standard InChI is InChI=1S/C47H85NO12/c1-14-17-19-21-23-48(24-22-20-18-15-2)34-25-29(5)55-44(37(34)50)59-41-31(7)39(57-36-27-45(10,54-13)40(51)33(9)56-36)32(8)43(52)58-42(47(12,53)35(49)16-3)30(6)38-28(4)26-46(41,11)60-38/h29-37,39-42,44,49-51,53H,14-27H2,1-13H3/t29?,30-,31-,32+,33?,34?,35+,36-,37?,39-,40-,41+,42+,44-,45?,46-,47+/m0/s1. The number of cyclic esters (lactones) is 1. The third kappa shape index (κ3) is 11.6. The molecule has 17 atom stereocenters. The summed E-state index contributed by atoms with van der Waals surface area (Å²) in [5.41, 5.74) is -2.96. The summed E-state index contributed by atoms with van der Waals surface area (Å²) in [5.74, 6) is -2.24. The molecule has 0 aromatic carbocycles. The first-order valence-electron chi connectivity index (χ1n) is 23.5. The number of carbonyl (C=O) groups is 1. The Balaban J connectivity index is 1.79. The van der Waals surface area contributed by atoms with Gasteiger partial charge in [-0.25, -0.2) is 0 Å². The second-order valence-electron chi connectivity index (χ2n) is 19.5. The zero-order chi connectivity index (χ0) is 44.7. The van der Waals surface area contributed by atoms with Gasteiger partial charge in [-0.1, -0.05) is 73.1 Å². The van der Waals surface area contributed by atoms with Crippen LogP contribution in [0.3, 0.4) is 0 Å². The summed E-state index contributed by atoms with van der Waals surface area (Å²) >= 11 is 0. The van der Waals surface area contributed by atoms with E-state index >= 15 is 0 Å². The van der Waals surface area contributed by atoms with Crippen LogP contribution in [0.5, 0.6) is 0 Å². The summed E-state index contributed by atoms with van der Waals surface area (Å²) in [6.07, 6.45) is 1.86. The van der Waals surface area contributed by atoms with Crippen molar-refractivity contribution in [2.75, 3.05) is 20.2 Å². The number of nitrogens with zero attached hydrogens (tertiary/aromatic N) is 1. The Kier molecular flexibility index (Phi) is 18.8. The van der Waals surface area contributed by atoms with Gasteiger partial charge in [-0.15, -0.1) is 0 Å². The van der Waals surface area contributed by atoms with Gasteiger partial charge in [0.1, 0.15) is 41.4 Å². The Bertz CT molecular complexity index is 1370. The molecule has 13 heteroatoms. The van der Waals surface area contributed by atoms with E-state index in [1.165, 1.54) is 19.8 Å². The molecule has 4 heterocycles. The number of fused-ring (bicyclic) bond motifs is 2. The van der Waals surface area contributed by atoms with Gasteiger partial charge in [-0.2, -0.15) is 0 Å². The van der Waals surface area contributed by atoms with Crippen molar-refractivity contribution in [3.8, 4) is 0 Å². The summed E-state index contributed by atoms with van der Waals surface area (Å²) in [4.78, 5) is 17.0. The van der Waals surface area contributed by atoms with E-state index in [0.29, 0.717) is 18.6 Å². The smallest absolute Gasteiger partial charge is 0.311 e. The summed E-state index contributed by atoms with van der Waals surface area (Å²) in [6.45, 7) is 24.6. The molecule has 4 N–H and O–H groups in total. The summed E-state index contributed by atoms with van der Waals surface area (Å²) in [6, 6.07) is -0.183. The zero-order valence-corrected chi connectivity index (χ0v) is 39.5. The van der Waals surface area contributed by atoms with Gasteiger partial charge in [0.05, 0.1) is 41.9 Å². The Morgan fingerprint density at radius 3 is 2.10 bits per heavy atom. The van der Waals surface area contributed by atoms with Gasteiger partial charge in [-0.3, -0.25) is 9.69 Å². The van der Waals surface area contributed by atoms with E-state index < -0.39 is 95.8 Å². The van der Waals surface area contributed by atoms with Crippen molar-refractivity contribution >= 4 is 5.97 Å². The predicted octanol–water partition coefficient (Wildman–Crippen LogP) is 6.79. The number of hydrogen-bond acceptors (Lipinski definition) is 13. The van der Waals surface area contributed by atoms with E-state index in [0.717, 1.165) is 57.2 Å². The molecule has 3 saturated heterocycles. The van der Waals surface area contributed by atoms with Gasteiger partial charge < -0.3 is 53.6 Å². The number of aliphatic hydroxyl groups excluding tert-OH is 3. The van der Waals surface area contributed by atoms with Gasteiger partial charge in [0.15, 0.2) is 12.6 Å². The molecule has 4 aliphatic heterocycles. The van der Waals surface area contributed by atoms with Crippen LogP contribution in [0.25, 0.3) is 0 Å². The first kappa shape index (κ1) is 51.2. The van der Waals surface area contributed by atoms with Gasteiger partial charge in [-0.05, 0) is 92.8 Å². The Morgan fingerprint density at radius 2 is 1.53 bits per heavy atom. The lowest BCUT2D eigenvalue weighted by Gasteiger charge is -2.49. The minimum atomic E-state index is -1.83. The normalized spacial score (nSPS) is 40.8. The third-order valence-corrected chi connectivity index (χ3v) is 14.3. The number of rotatable bonds is 19. The Morgan fingerprint density at radius 1 is 0.917 bits per heavy atom. The average molecular weight is 856 g/mol. The number of methoxy groups -OCH3 is 1. The molecule has 0 spiro atoms. The second-order valence-corrected chi connectivity index (χ2v) is 19.5. The fraction of sp³-hybridized carbons (Fsp3) is 0.936. The molecule has 3 fully saturated rings. The fourth-order valence-corrected chi connectivity index (χ4v) is 10.5. The maximum atomic E-state index is 14.5. The highest BCUT2D eigenvalue weighted by atomic mass is 16.7. The van der Waals surface area contributed by atoms with Crippen molar-refractivity contribution in [3.05, 3.63) is 11.3 Å². The molecule has 4 aliphatic rings. The molecule has 0 aromatic rings. The fourth-order valence-electron chi connectivity index (χ4n) is 10.5. The van der Waals surface area contributed by atoms with Crippen LogP contribution < -0.4 is 0 Å². The molecular formula is C47H85NO12. The highest BCUT2D eigenvalue weighted by Crippen LogP contribution is 2.48. The predicted molar refractivity (Wildman–Crippen MR) is 230 cm³/mol. The maximum Gasteiger partial charge on any atom is 0.311 e. The van der Waals surface area contributed by atoms with E-state index in [1.807, 2.05) is 41.5 Å². The first-order valence-corrected chi connectivity index (χ1v) is 23.5. The molecule has 0 aromatic heterocycles. The van der Waals surface area contributed by atoms with Gasteiger partial charge >= 0.3 is 5.97 Å². The van der Waals surface area contributed by atoms with Crippen LogP contribution in [0.1, 0.15) is 160 Å². The molecule has 0 radical (unpaired) electrons. The molecule has 13 nitrogen and oxygen atoms in total. The number of hydrogen-bond donors (Lipinski definition) is 4. The lowest BCUT2D eigenvalue weighted by atomic mass is 9.78. The summed E-state index contributed by atoms with van der Waals surface area (Å²) in [7, 11) is 1.54. The average Bonchev–Trinajstić information content (AvgIpc) is 3.52. The van der Waals surface area contributed by atoms with E-state index in [1.54, 1.807) is 27.9 Å². The van der Waals surface area contributed by atoms with Crippen molar-refractivity contribution < 1.29 is 58.4 Å². The van der Waals surface area contributed by atoms with E-state index in [4.69, 9.17) is 33.2 Å². The number of carbonyl (C=O) groups excluding carboxylic acids is 1. The lowest BCUT2D eigenvalue weighted by molar-refractivity contribution is -0.317. The lowest BCUT2D eigenvalue weighted by Crippen LogP contribution is -2.61. The number of esters is 1. The van der Waals surface area contributed by atoms with Crippen molar-refractivity contribution in [2.45, 2.75) is 244 Å². The number of ether oxygens (including phenoxy) is 7. The molecule has 60 heavy (non-hydrogen) atoms. The number of unbranched alkanes of at least 4 members (excludes halogenated alkanes) is 6. The SMILES string of the molecule is CCCCCCN(CCCCCC)C1CC(C)O[C@@H](O[C@@H]2[C@@H](C)[C@H](O[C@H]3CC(C)(OC)[C@@H](O)C(C)O3)[C@@H](C)C(=O)O[C@@H]([C@](C)(O)[C@H](O)CC)[C@@H](C)C3=C(C)C[C@]2(C)O3)C1O. The van der Waals surface area contributed by atoms with E-state index in [2.05, 4.69) is 18.7 Å². The molecule has 0 saturated carbocycles. The first-order chi connectivity index (χ1) is 28.2. The maximum absolute atomic E-state index is 14.5. The second kappa shape index (κ2) is 22.0. The quantitative estimate of drug-likeness (QED) is 0.0794. The molecule has 350 valence electrons. The topological polar surface area (TPSA) is 166 Å². The zero-order valence-electron chi connectivity index (χ0n) is 39.5. The van der Waals surface area contributed by atoms with E-state index in [-0.39, 0.29) is 25.0 Å². The molecular weight excluding hydrogens is 771 g/mol. The third-order valence-electron chi connectivity index (χ3n) is 14.3. The van der Waals surface area contributed by atoms with Crippen LogP contribution in [-0.2, 0) is 38.0 Å². The van der Waals surface area contributed by atoms with Crippen LogP contribution in [0.2, 0.25) is 0 Å². The van der Waals surface area contributed by atoms with Crippen LogP contribution in [0, 0.1) is 17.8 Å². The van der Waals surface area contributed by atoms with Crippen molar-refractivity contribution in [1.29, 1.82) is 0 Å². The van der Waals surface area contributed by atoms with Crippen molar-refractivity contribution in [1.82, 2.24) is 4.90 Å². The largest absolute Gasteiger partial charge is 0.488 e. The molecule has 0 amide bonds. The minimum Gasteiger partial charge on any atom is -0.488 e. The minimum absolute atomic E-state index is 0.178. The van der Waals surface area contributed by atoms with Crippen LogP contribution in [-0.4, -0.2) is 136 Å². The van der Waals surface area contributed by atoms with Crippen molar-refractivity contribution in [3.63, 3.8) is 0 Å². The van der Waals surface area contributed by atoms with Gasteiger partial charge in [0.2, 0.25) is 0 Å².